The molecule has 2 atom stereocenters. The van der Waals surface area contributed by atoms with Crippen molar-refractivity contribution in [1.29, 1.82) is 0 Å². The Balaban J connectivity index is 1.91. The Kier molecular flexibility index (Phi) is 5.37. The molecule has 1 amide bonds. The van der Waals surface area contributed by atoms with Crippen LogP contribution in [0.4, 0.5) is 4.79 Å². The standard InChI is InChI=1S/C14H22N2O3S2/c1-14(2,3)19-13(17)16-6-4-5-12(8-16)21(18)9-11-7-15-10-20-11/h7,10,12H,4-6,8-9H2,1-3H3/t12-,21-/m1/s1. The van der Waals surface area contributed by atoms with Gasteiger partial charge in [-0.2, -0.15) is 0 Å². The van der Waals surface area contributed by atoms with Crippen LogP contribution in [0.5, 0.6) is 0 Å². The van der Waals surface area contributed by atoms with E-state index in [0.717, 1.165) is 17.7 Å². The highest BCUT2D eigenvalue weighted by atomic mass is 32.2. The molecule has 0 bridgehead atoms. The van der Waals surface area contributed by atoms with Gasteiger partial charge in [-0.3, -0.25) is 9.19 Å². The number of hydrogen-bond donors (Lipinski definition) is 0. The Morgan fingerprint density at radius 3 is 2.95 bits per heavy atom. The van der Waals surface area contributed by atoms with Crippen molar-refractivity contribution in [3.63, 3.8) is 0 Å². The number of hydrogen-bond acceptors (Lipinski definition) is 5. The second-order valence-electron chi connectivity index (χ2n) is 6.18. The quantitative estimate of drug-likeness (QED) is 0.855. The second kappa shape index (κ2) is 6.87. The summed E-state index contributed by atoms with van der Waals surface area (Å²) < 4.78 is 17.8. The van der Waals surface area contributed by atoms with Crippen LogP contribution in [0, 0.1) is 0 Å². The van der Waals surface area contributed by atoms with Crippen molar-refractivity contribution >= 4 is 28.2 Å². The molecule has 118 valence electrons. The molecule has 0 spiro atoms. The van der Waals surface area contributed by atoms with E-state index >= 15 is 0 Å². The minimum absolute atomic E-state index is 0.0216. The van der Waals surface area contributed by atoms with Crippen molar-refractivity contribution in [3.8, 4) is 0 Å². The van der Waals surface area contributed by atoms with E-state index in [-0.39, 0.29) is 11.3 Å². The molecule has 1 saturated heterocycles. The van der Waals surface area contributed by atoms with Crippen molar-refractivity contribution in [1.82, 2.24) is 9.88 Å². The molecule has 1 aromatic heterocycles. The first-order valence-electron chi connectivity index (χ1n) is 7.07. The van der Waals surface area contributed by atoms with Crippen molar-refractivity contribution in [2.75, 3.05) is 13.1 Å². The summed E-state index contributed by atoms with van der Waals surface area (Å²) in [7, 11) is -0.975. The molecule has 5 nitrogen and oxygen atoms in total. The van der Waals surface area contributed by atoms with E-state index < -0.39 is 16.4 Å². The van der Waals surface area contributed by atoms with Crippen LogP contribution in [-0.4, -0.2) is 44.1 Å². The number of likely N-dealkylation sites (tertiary alicyclic amines) is 1. The maximum atomic E-state index is 12.4. The lowest BCUT2D eigenvalue weighted by atomic mass is 10.1. The van der Waals surface area contributed by atoms with Gasteiger partial charge >= 0.3 is 6.09 Å². The van der Waals surface area contributed by atoms with E-state index in [2.05, 4.69) is 4.98 Å². The fraction of sp³-hybridized carbons (Fsp3) is 0.714. The summed E-state index contributed by atoms with van der Waals surface area (Å²) >= 11 is 1.52. The van der Waals surface area contributed by atoms with E-state index in [1.54, 1.807) is 16.6 Å². The molecule has 0 saturated carbocycles. The molecule has 1 aromatic rings. The van der Waals surface area contributed by atoms with Gasteiger partial charge in [0.2, 0.25) is 0 Å². The van der Waals surface area contributed by atoms with Crippen molar-refractivity contribution in [2.45, 2.75) is 50.2 Å². The zero-order valence-electron chi connectivity index (χ0n) is 12.7. The smallest absolute Gasteiger partial charge is 0.410 e. The minimum Gasteiger partial charge on any atom is -0.444 e. The van der Waals surface area contributed by atoms with Gasteiger partial charge in [0.1, 0.15) is 5.60 Å². The predicted molar refractivity (Wildman–Crippen MR) is 84.8 cm³/mol. The van der Waals surface area contributed by atoms with E-state index in [1.807, 2.05) is 20.8 Å². The molecule has 2 heterocycles. The Labute approximate surface area is 132 Å². The third kappa shape index (κ3) is 5.07. The SMILES string of the molecule is CC(C)(C)OC(=O)N1CCC[C@@H]([S@](=O)Cc2cncs2)C1. The first kappa shape index (κ1) is 16.4. The fourth-order valence-corrected chi connectivity index (χ4v) is 4.58. The van der Waals surface area contributed by atoms with Crippen LogP contribution < -0.4 is 0 Å². The van der Waals surface area contributed by atoms with E-state index in [1.165, 1.54) is 11.3 Å². The number of rotatable bonds is 3. The molecular weight excluding hydrogens is 308 g/mol. The Morgan fingerprint density at radius 1 is 1.57 bits per heavy atom. The monoisotopic (exact) mass is 330 g/mol. The zero-order valence-corrected chi connectivity index (χ0v) is 14.3. The summed E-state index contributed by atoms with van der Waals surface area (Å²) in [6.07, 6.45) is 3.22. The van der Waals surface area contributed by atoms with Gasteiger partial charge in [0.05, 0.1) is 16.5 Å². The summed E-state index contributed by atoms with van der Waals surface area (Å²) in [5, 5.41) is 0.0216. The number of nitrogens with zero attached hydrogens (tertiary/aromatic N) is 2. The third-order valence-electron chi connectivity index (χ3n) is 3.17. The van der Waals surface area contributed by atoms with Crippen LogP contribution >= 0.6 is 11.3 Å². The molecule has 7 heteroatoms. The Hall–Kier alpha value is -0.950. The molecule has 21 heavy (non-hydrogen) atoms. The van der Waals surface area contributed by atoms with Gasteiger partial charge in [-0.1, -0.05) is 0 Å². The molecule has 0 aliphatic carbocycles. The number of carbonyl (C=O) groups excluding carboxylic acids is 1. The number of piperidine rings is 1. The van der Waals surface area contributed by atoms with Crippen LogP contribution in [0.1, 0.15) is 38.5 Å². The summed E-state index contributed by atoms with van der Waals surface area (Å²) in [6, 6.07) is 0. The topological polar surface area (TPSA) is 59.5 Å². The average molecular weight is 330 g/mol. The lowest BCUT2D eigenvalue weighted by molar-refractivity contribution is 0.0219. The van der Waals surface area contributed by atoms with E-state index in [4.69, 9.17) is 4.74 Å². The Morgan fingerprint density at radius 2 is 2.33 bits per heavy atom. The summed E-state index contributed by atoms with van der Waals surface area (Å²) in [6.45, 7) is 6.76. The summed E-state index contributed by atoms with van der Waals surface area (Å²) in [4.78, 5) is 18.8. The predicted octanol–water partition coefficient (Wildman–Crippen LogP) is 2.79. The van der Waals surface area contributed by atoms with Crippen LogP contribution in [-0.2, 0) is 21.3 Å². The maximum absolute atomic E-state index is 12.4. The van der Waals surface area contributed by atoms with Crippen molar-refractivity contribution in [3.05, 3.63) is 16.6 Å². The van der Waals surface area contributed by atoms with Crippen molar-refractivity contribution in [2.24, 2.45) is 0 Å². The molecule has 2 rings (SSSR count). The van der Waals surface area contributed by atoms with E-state index in [0.29, 0.717) is 18.8 Å². The molecular formula is C14H22N2O3S2. The summed E-state index contributed by atoms with van der Waals surface area (Å²) in [5.41, 5.74) is 1.26. The first-order valence-corrected chi connectivity index (χ1v) is 9.34. The molecule has 1 fully saturated rings. The van der Waals surface area contributed by atoms with Crippen LogP contribution in [0.25, 0.3) is 0 Å². The highest BCUT2D eigenvalue weighted by Crippen LogP contribution is 2.21. The second-order valence-corrected chi connectivity index (χ2v) is 8.87. The third-order valence-corrected chi connectivity index (χ3v) is 5.86. The molecule has 1 aliphatic heterocycles. The van der Waals surface area contributed by atoms with Gasteiger partial charge < -0.3 is 9.64 Å². The number of ether oxygens (including phenoxy) is 1. The van der Waals surface area contributed by atoms with Gasteiger partial charge in [0, 0.05) is 35.0 Å². The number of carbonyl (C=O) groups is 1. The summed E-state index contributed by atoms with van der Waals surface area (Å²) in [5.74, 6) is 0.525. The van der Waals surface area contributed by atoms with Crippen LogP contribution in [0.3, 0.4) is 0 Å². The zero-order chi connectivity index (χ0) is 15.5. The maximum Gasteiger partial charge on any atom is 0.410 e. The molecule has 1 aliphatic rings. The lowest BCUT2D eigenvalue weighted by Crippen LogP contribution is -2.46. The normalized spacial score (nSPS) is 21.1. The van der Waals surface area contributed by atoms with E-state index in [9.17, 15) is 9.00 Å². The van der Waals surface area contributed by atoms with Crippen molar-refractivity contribution < 1.29 is 13.7 Å². The van der Waals surface area contributed by atoms with Gasteiger partial charge in [0.25, 0.3) is 0 Å². The molecule has 0 N–H and O–H groups in total. The van der Waals surface area contributed by atoms with Gasteiger partial charge in [-0.15, -0.1) is 11.3 Å². The largest absolute Gasteiger partial charge is 0.444 e. The lowest BCUT2D eigenvalue weighted by Gasteiger charge is -2.33. The van der Waals surface area contributed by atoms with Gasteiger partial charge in [-0.25, -0.2) is 4.79 Å². The molecule has 0 radical (unpaired) electrons. The van der Waals surface area contributed by atoms with Gasteiger partial charge in [0.15, 0.2) is 0 Å². The fourth-order valence-electron chi connectivity index (χ4n) is 2.22. The molecule has 0 unspecified atom stereocenters. The minimum atomic E-state index is -0.975. The number of aromatic nitrogens is 1. The molecule has 0 aromatic carbocycles. The Bertz CT molecular complexity index is 497. The number of amides is 1. The number of thiazole rings is 1. The first-order chi connectivity index (χ1) is 9.85. The van der Waals surface area contributed by atoms with Crippen LogP contribution in [0.2, 0.25) is 0 Å². The van der Waals surface area contributed by atoms with Gasteiger partial charge in [-0.05, 0) is 33.6 Å². The highest BCUT2D eigenvalue weighted by Gasteiger charge is 2.30. The van der Waals surface area contributed by atoms with Crippen LogP contribution in [0.15, 0.2) is 11.7 Å². The average Bonchev–Trinajstić information content (AvgIpc) is 2.90. The highest BCUT2D eigenvalue weighted by molar-refractivity contribution is 7.85.